The van der Waals surface area contributed by atoms with Gasteiger partial charge in [0.15, 0.2) is 17.8 Å². The fourth-order valence-corrected chi connectivity index (χ4v) is 8.39. The first kappa shape index (κ1) is 38.6. The third-order valence-corrected chi connectivity index (χ3v) is 11.8. The van der Waals surface area contributed by atoms with Crippen molar-refractivity contribution in [2.45, 2.75) is 82.8 Å². The molecule has 15 heteroatoms. The van der Waals surface area contributed by atoms with Crippen LogP contribution in [-0.4, -0.2) is 111 Å². The van der Waals surface area contributed by atoms with Gasteiger partial charge < -0.3 is 39.2 Å². The lowest BCUT2D eigenvalue weighted by Gasteiger charge is -2.40. The summed E-state index contributed by atoms with van der Waals surface area (Å²) in [7, 11) is -4.29. The number of rotatable bonds is 17. The van der Waals surface area contributed by atoms with Gasteiger partial charge >= 0.3 is 12.2 Å². The molecular formula is C36H51N3O11S. The predicted molar refractivity (Wildman–Crippen MR) is 186 cm³/mol. The van der Waals surface area contributed by atoms with Crippen molar-refractivity contribution in [1.82, 2.24) is 14.5 Å². The molecule has 3 heterocycles. The number of carboxylic acid groups (broad SMARTS) is 1. The molecule has 2 saturated heterocycles. The summed E-state index contributed by atoms with van der Waals surface area (Å²) in [6.45, 7) is 8.27. The second-order valence-corrected chi connectivity index (χ2v) is 16.3. The second kappa shape index (κ2) is 16.8. The van der Waals surface area contributed by atoms with Gasteiger partial charge in [0.2, 0.25) is 16.8 Å². The Hall–Kier alpha value is -3.63. The van der Waals surface area contributed by atoms with Crippen molar-refractivity contribution in [1.29, 1.82) is 0 Å². The molecule has 51 heavy (non-hydrogen) atoms. The highest BCUT2D eigenvalue weighted by atomic mass is 32.2. The first-order valence-corrected chi connectivity index (χ1v) is 19.0. The smallest absolute Gasteiger partial charge is 0.407 e. The van der Waals surface area contributed by atoms with Crippen LogP contribution in [0.2, 0.25) is 0 Å². The van der Waals surface area contributed by atoms with Crippen molar-refractivity contribution in [3.05, 3.63) is 54.1 Å². The monoisotopic (exact) mass is 733 g/mol. The Balaban J connectivity index is 1.42. The van der Waals surface area contributed by atoms with Crippen LogP contribution in [0, 0.1) is 17.3 Å². The Bertz CT molecular complexity index is 1590. The molecule has 0 radical (unpaired) electrons. The number of hydrogen-bond donors (Lipinski definition) is 3. The maximum absolute atomic E-state index is 14.5. The number of carbonyl (C=O) groups excluding carboxylic acids is 1. The minimum absolute atomic E-state index is 0.0372. The maximum atomic E-state index is 14.5. The standard InChI is InChI=1S/C36H51N3O11S/c1-5-24(2)19-37-34(41)47-16-14-36(3,4)22-38(51(44,45)26-11-12-31-32(18-26)50-23-49-31)20-30(40)28(17-25-9-7-6-8-10-25)39(35(42)43)29-21-48-33-27(29)13-15-46-33/h6-12,18,24,27-30,33,40H,5,13-17,19-23H2,1-4H3,(H,37,41)(H,42,43)/t24?,27-,28-,29-,30+,33+/m0/s1. The van der Waals surface area contributed by atoms with Crippen LogP contribution in [0.3, 0.4) is 0 Å². The van der Waals surface area contributed by atoms with E-state index in [2.05, 4.69) is 5.32 Å². The molecule has 0 aliphatic carbocycles. The van der Waals surface area contributed by atoms with E-state index in [4.69, 9.17) is 23.7 Å². The number of carbonyl (C=O) groups is 2. The minimum Gasteiger partial charge on any atom is -0.465 e. The lowest BCUT2D eigenvalue weighted by molar-refractivity contribution is -0.0906. The molecule has 0 bridgehead atoms. The van der Waals surface area contributed by atoms with Gasteiger partial charge in [0.1, 0.15) is 0 Å². The molecule has 0 saturated carbocycles. The molecule has 2 fully saturated rings. The number of nitrogens with one attached hydrogen (secondary N) is 1. The lowest BCUT2D eigenvalue weighted by Crippen LogP contribution is -2.58. The topological polar surface area (TPSA) is 173 Å². The highest BCUT2D eigenvalue weighted by Crippen LogP contribution is 2.38. The Kier molecular flexibility index (Phi) is 12.7. The summed E-state index contributed by atoms with van der Waals surface area (Å²) < 4.78 is 57.8. The quantitative estimate of drug-likeness (QED) is 0.212. The SMILES string of the molecule is CCC(C)CNC(=O)OCCC(C)(C)CN(C[C@@H](O)[C@H](Cc1ccccc1)N(C(=O)O)[C@H]1CO[C@H]2OCC[C@H]21)S(=O)(=O)c1ccc2c(c1)OCO2. The minimum atomic E-state index is -4.29. The Morgan fingerprint density at radius 1 is 1.10 bits per heavy atom. The average molecular weight is 734 g/mol. The molecule has 2 aromatic carbocycles. The van der Waals surface area contributed by atoms with Gasteiger partial charge in [-0.1, -0.05) is 64.4 Å². The maximum Gasteiger partial charge on any atom is 0.407 e. The molecule has 1 unspecified atom stereocenters. The number of aliphatic hydroxyl groups excluding tert-OH is 1. The number of ether oxygens (including phenoxy) is 5. The van der Waals surface area contributed by atoms with Crippen molar-refractivity contribution < 1.29 is 51.9 Å². The number of nitrogens with zero attached hydrogens (tertiary/aromatic N) is 2. The van der Waals surface area contributed by atoms with Crippen LogP contribution in [0.4, 0.5) is 9.59 Å². The number of sulfonamides is 1. The third kappa shape index (κ3) is 9.63. The normalized spacial score (nSPS) is 21.6. The van der Waals surface area contributed by atoms with E-state index in [1.165, 1.54) is 27.4 Å². The molecule has 0 spiro atoms. The average Bonchev–Trinajstić information content (AvgIpc) is 3.85. The summed E-state index contributed by atoms with van der Waals surface area (Å²) in [5.41, 5.74) is 0.0371. The van der Waals surface area contributed by atoms with Crippen molar-refractivity contribution in [2.75, 3.05) is 46.2 Å². The van der Waals surface area contributed by atoms with E-state index in [9.17, 15) is 28.2 Å². The predicted octanol–water partition coefficient (Wildman–Crippen LogP) is 4.31. The van der Waals surface area contributed by atoms with E-state index in [1.807, 2.05) is 58.0 Å². The van der Waals surface area contributed by atoms with Crippen molar-refractivity contribution >= 4 is 22.2 Å². The Morgan fingerprint density at radius 2 is 1.84 bits per heavy atom. The van der Waals surface area contributed by atoms with Gasteiger partial charge in [-0.05, 0) is 48.3 Å². The van der Waals surface area contributed by atoms with Crippen LogP contribution in [0.15, 0.2) is 53.4 Å². The molecule has 282 valence electrons. The third-order valence-electron chi connectivity index (χ3n) is 9.96. The zero-order valence-corrected chi connectivity index (χ0v) is 30.5. The number of alkyl carbamates (subject to hydrolysis) is 1. The van der Waals surface area contributed by atoms with Gasteiger partial charge in [-0.2, -0.15) is 4.31 Å². The molecule has 5 rings (SSSR count). The zero-order chi connectivity index (χ0) is 36.8. The summed E-state index contributed by atoms with van der Waals surface area (Å²) in [4.78, 5) is 26.5. The van der Waals surface area contributed by atoms with E-state index in [-0.39, 0.29) is 49.5 Å². The molecule has 3 N–H and O–H groups in total. The second-order valence-electron chi connectivity index (χ2n) is 14.4. The van der Waals surface area contributed by atoms with E-state index < -0.39 is 58.6 Å². The lowest BCUT2D eigenvalue weighted by atomic mass is 9.89. The Morgan fingerprint density at radius 3 is 2.57 bits per heavy atom. The first-order valence-electron chi connectivity index (χ1n) is 17.6. The fourth-order valence-electron chi connectivity index (χ4n) is 6.73. The van der Waals surface area contributed by atoms with Gasteiger partial charge in [0.25, 0.3) is 0 Å². The van der Waals surface area contributed by atoms with Gasteiger partial charge in [-0.25, -0.2) is 18.0 Å². The van der Waals surface area contributed by atoms with Gasteiger partial charge in [0.05, 0.1) is 42.9 Å². The number of amides is 2. The van der Waals surface area contributed by atoms with E-state index >= 15 is 0 Å². The molecular weight excluding hydrogens is 682 g/mol. The molecule has 0 aromatic heterocycles. The number of benzene rings is 2. The molecule has 3 aliphatic heterocycles. The number of hydrogen-bond acceptors (Lipinski definition) is 10. The summed E-state index contributed by atoms with van der Waals surface area (Å²) in [5.74, 6) is 0.771. The van der Waals surface area contributed by atoms with Crippen LogP contribution >= 0.6 is 0 Å². The van der Waals surface area contributed by atoms with Gasteiger partial charge in [-0.3, -0.25) is 4.90 Å². The molecule has 2 aromatic rings. The van der Waals surface area contributed by atoms with Crippen molar-refractivity contribution in [2.24, 2.45) is 17.3 Å². The summed E-state index contributed by atoms with van der Waals surface area (Å²) in [5, 5.41) is 25.5. The fraction of sp³-hybridized carbons (Fsp3) is 0.611. The van der Waals surface area contributed by atoms with Crippen molar-refractivity contribution in [3.8, 4) is 11.5 Å². The van der Waals surface area contributed by atoms with Gasteiger partial charge in [-0.15, -0.1) is 0 Å². The summed E-state index contributed by atoms with van der Waals surface area (Å²) >= 11 is 0. The van der Waals surface area contributed by atoms with Crippen LogP contribution in [-0.2, 0) is 30.7 Å². The van der Waals surface area contributed by atoms with E-state index in [1.54, 1.807) is 0 Å². The van der Waals surface area contributed by atoms with E-state index in [0.29, 0.717) is 37.7 Å². The van der Waals surface area contributed by atoms with Crippen molar-refractivity contribution in [3.63, 3.8) is 0 Å². The van der Waals surface area contributed by atoms with Gasteiger partial charge in [0, 0.05) is 31.6 Å². The van der Waals surface area contributed by atoms with Crippen LogP contribution in [0.1, 0.15) is 52.5 Å². The molecule has 14 nitrogen and oxygen atoms in total. The highest BCUT2D eigenvalue weighted by molar-refractivity contribution is 7.89. The first-order chi connectivity index (χ1) is 24.3. The largest absolute Gasteiger partial charge is 0.465 e. The molecule has 6 atom stereocenters. The summed E-state index contributed by atoms with van der Waals surface area (Å²) in [6.07, 6.45) is -1.83. The van der Waals surface area contributed by atoms with E-state index in [0.717, 1.165) is 12.0 Å². The highest BCUT2D eigenvalue weighted by Gasteiger charge is 2.49. The molecule has 3 aliphatic rings. The number of aliphatic hydroxyl groups is 1. The number of fused-ring (bicyclic) bond motifs is 2. The van der Waals surface area contributed by atoms with Crippen LogP contribution in [0.25, 0.3) is 0 Å². The zero-order valence-electron chi connectivity index (χ0n) is 29.7. The van der Waals surface area contributed by atoms with Crippen LogP contribution in [0.5, 0.6) is 11.5 Å². The Labute approximate surface area is 300 Å². The molecule has 2 amide bonds. The van der Waals surface area contributed by atoms with Crippen LogP contribution < -0.4 is 14.8 Å². The summed E-state index contributed by atoms with van der Waals surface area (Å²) in [6, 6.07) is 11.9.